The Hall–Kier alpha value is -3.03. The third-order valence-corrected chi connectivity index (χ3v) is 2.71. The zero-order valence-corrected chi connectivity index (χ0v) is 11.2. The molecule has 1 amide bonds. The number of non-ortho nitro benzene ring substituents is 1. The molecule has 1 aromatic heterocycles. The summed E-state index contributed by atoms with van der Waals surface area (Å²) in [4.78, 5) is 25.9. The van der Waals surface area contributed by atoms with E-state index in [-0.39, 0.29) is 17.6 Å². The fourth-order valence-corrected chi connectivity index (χ4v) is 1.67. The smallest absolute Gasteiger partial charge is 0.270 e. The van der Waals surface area contributed by atoms with Gasteiger partial charge in [-0.2, -0.15) is 5.10 Å². The molecule has 0 saturated heterocycles. The summed E-state index contributed by atoms with van der Waals surface area (Å²) in [6.45, 7) is 1.76. The van der Waals surface area contributed by atoms with Crippen molar-refractivity contribution in [1.82, 2.24) is 20.5 Å². The first-order chi connectivity index (χ1) is 10.1. The Labute approximate surface area is 120 Å². The van der Waals surface area contributed by atoms with Gasteiger partial charge in [0, 0.05) is 18.2 Å². The van der Waals surface area contributed by atoms with Crippen LogP contribution in [0.5, 0.6) is 0 Å². The van der Waals surface area contributed by atoms with Gasteiger partial charge in [-0.25, -0.2) is 4.98 Å². The lowest BCUT2D eigenvalue weighted by molar-refractivity contribution is -0.384. The predicted octanol–water partition coefficient (Wildman–Crippen LogP) is 1.60. The van der Waals surface area contributed by atoms with Crippen LogP contribution in [-0.2, 0) is 4.79 Å². The maximum atomic E-state index is 11.7. The van der Waals surface area contributed by atoms with E-state index in [2.05, 4.69) is 20.5 Å². The van der Waals surface area contributed by atoms with Gasteiger partial charge in [-0.15, -0.1) is 0 Å². The lowest BCUT2D eigenvalue weighted by Crippen LogP contribution is -2.25. The Morgan fingerprint density at radius 3 is 3.00 bits per heavy atom. The maximum Gasteiger partial charge on any atom is 0.270 e. The van der Waals surface area contributed by atoms with E-state index in [9.17, 15) is 14.9 Å². The number of benzene rings is 1. The number of carbonyl (C=O) groups excluding carboxylic acids is 1. The first-order valence-corrected chi connectivity index (χ1v) is 6.14. The normalized spacial score (nSPS) is 12.2. The molecule has 21 heavy (non-hydrogen) atoms. The zero-order chi connectivity index (χ0) is 15.2. The molecule has 1 atom stereocenters. The summed E-state index contributed by atoms with van der Waals surface area (Å²) in [5.74, 6) is 0.220. The molecular formula is C13H13N5O3. The molecule has 2 N–H and O–H groups in total. The Kier molecular flexibility index (Phi) is 4.39. The first-order valence-electron chi connectivity index (χ1n) is 6.14. The monoisotopic (exact) mass is 287 g/mol. The van der Waals surface area contributed by atoms with E-state index >= 15 is 0 Å². The molecule has 8 heteroatoms. The number of hydrogen-bond acceptors (Lipinski definition) is 5. The quantitative estimate of drug-likeness (QED) is 0.492. The van der Waals surface area contributed by atoms with Gasteiger partial charge in [0.15, 0.2) is 0 Å². The highest BCUT2D eigenvalue weighted by molar-refractivity contribution is 5.91. The van der Waals surface area contributed by atoms with Crippen molar-refractivity contribution >= 4 is 17.7 Å². The molecule has 0 bridgehead atoms. The highest BCUT2D eigenvalue weighted by Crippen LogP contribution is 2.14. The molecule has 0 spiro atoms. The maximum absolute atomic E-state index is 11.7. The van der Waals surface area contributed by atoms with Gasteiger partial charge in [0.05, 0.1) is 11.0 Å². The van der Waals surface area contributed by atoms with Crippen LogP contribution in [0.2, 0.25) is 0 Å². The average molecular weight is 287 g/mol. The summed E-state index contributed by atoms with van der Waals surface area (Å²) in [5.41, 5.74) is 0.555. The number of nitro benzene ring substituents is 1. The number of nitro groups is 1. The van der Waals surface area contributed by atoms with Gasteiger partial charge in [0.2, 0.25) is 5.91 Å². The van der Waals surface area contributed by atoms with Crippen molar-refractivity contribution in [3.05, 3.63) is 58.2 Å². The van der Waals surface area contributed by atoms with Gasteiger partial charge in [-0.3, -0.25) is 20.0 Å². The Morgan fingerprint density at radius 2 is 2.33 bits per heavy atom. The Bertz CT molecular complexity index is 666. The summed E-state index contributed by atoms with van der Waals surface area (Å²) in [5, 5.41) is 19.7. The standard InChI is InChI=1S/C13H13N5O3/c1-9(13-14-8-15-17-13)16-12(19)6-5-10-3-2-4-11(7-10)18(20)21/h2-9H,1H3,(H,16,19)(H,14,15,17)/b6-5+. The van der Waals surface area contributed by atoms with Crippen molar-refractivity contribution in [2.75, 3.05) is 0 Å². The number of carbonyl (C=O) groups is 1. The fraction of sp³-hybridized carbons (Fsp3) is 0.154. The molecular weight excluding hydrogens is 274 g/mol. The number of amides is 1. The van der Waals surface area contributed by atoms with Crippen LogP contribution in [0.4, 0.5) is 5.69 Å². The highest BCUT2D eigenvalue weighted by Gasteiger charge is 2.10. The van der Waals surface area contributed by atoms with Gasteiger partial charge < -0.3 is 5.32 Å². The topological polar surface area (TPSA) is 114 Å². The number of H-pyrrole nitrogens is 1. The number of nitrogens with one attached hydrogen (secondary N) is 2. The van der Waals surface area contributed by atoms with Crippen LogP contribution in [-0.4, -0.2) is 26.0 Å². The molecule has 1 unspecified atom stereocenters. The first kappa shape index (κ1) is 14.4. The zero-order valence-electron chi connectivity index (χ0n) is 11.2. The SMILES string of the molecule is CC(NC(=O)/C=C/c1cccc([N+](=O)[O-])c1)c1ncn[nH]1. The molecule has 0 saturated carbocycles. The van der Waals surface area contributed by atoms with Gasteiger partial charge in [0.1, 0.15) is 12.2 Å². The third-order valence-electron chi connectivity index (χ3n) is 2.71. The van der Waals surface area contributed by atoms with Gasteiger partial charge in [-0.1, -0.05) is 12.1 Å². The van der Waals surface area contributed by atoms with Crippen molar-refractivity contribution in [2.45, 2.75) is 13.0 Å². The minimum absolute atomic E-state index is 0.0208. The molecule has 0 aliphatic carbocycles. The molecule has 2 rings (SSSR count). The molecule has 0 aliphatic heterocycles. The number of aromatic nitrogens is 3. The average Bonchev–Trinajstić information content (AvgIpc) is 2.99. The number of aromatic amines is 1. The summed E-state index contributed by atoms with van der Waals surface area (Å²) in [7, 11) is 0. The molecule has 0 fully saturated rings. The number of nitrogens with zero attached hydrogens (tertiary/aromatic N) is 3. The van der Waals surface area contributed by atoms with Gasteiger partial charge >= 0.3 is 0 Å². The van der Waals surface area contributed by atoms with Crippen LogP contribution in [0.3, 0.4) is 0 Å². The van der Waals surface area contributed by atoms with E-state index in [1.54, 1.807) is 19.1 Å². The highest BCUT2D eigenvalue weighted by atomic mass is 16.6. The Balaban J connectivity index is 1.99. The molecule has 2 aromatic rings. The van der Waals surface area contributed by atoms with Crippen LogP contribution < -0.4 is 5.32 Å². The van der Waals surface area contributed by atoms with E-state index in [0.717, 1.165) is 0 Å². The largest absolute Gasteiger partial charge is 0.343 e. The van der Waals surface area contributed by atoms with Crippen molar-refractivity contribution in [3.63, 3.8) is 0 Å². The summed E-state index contributed by atoms with van der Waals surface area (Å²) in [6.07, 6.45) is 4.18. The number of rotatable bonds is 5. The molecule has 108 valence electrons. The molecule has 0 radical (unpaired) electrons. The van der Waals surface area contributed by atoms with Crippen molar-refractivity contribution in [1.29, 1.82) is 0 Å². The summed E-state index contributed by atoms with van der Waals surface area (Å²) >= 11 is 0. The molecule has 8 nitrogen and oxygen atoms in total. The van der Waals surface area contributed by atoms with Crippen molar-refractivity contribution < 1.29 is 9.72 Å². The second-order valence-corrected chi connectivity index (χ2v) is 4.29. The van der Waals surface area contributed by atoms with Gasteiger partial charge in [-0.05, 0) is 18.6 Å². The predicted molar refractivity (Wildman–Crippen MR) is 75.1 cm³/mol. The van der Waals surface area contributed by atoms with Crippen molar-refractivity contribution in [3.8, 4) is 0 Å². The van der Waals surface area contributed by atoms with Crippen LogP contribution in [0, 0.1) is 10.1 Å². The fourth-order valence-electron chi connectivity index (χ4n) is 1.67. The minimum Gasteiger partial charge on any atom is -0.343 e. The van der Waals surface area contributed by atoms with E-state index in [0.29, 0.717) is 11.4 Å². The second kappa shape index (κ2) is 6.42. The lowest BCUT2D eigenvalue weighted by atomic mass is 10.2. The molecule has 1 heterocycles. The van der Waals surface area contributed by atoms with E-state index in [1.165, 1.54) is 30.6 Å². The van der Waals surface area contributed by atoms with E-state index in [4.69, 9.17) is 0 Å². The van der Waals surface area contributed by atoms with Crippen LogP contribution in [0.1, 0.15) is 24.4 Å². The Morgan fingerprint density at radius 1 is 1.52 bits per heavy atom. The lowest BCUT2D eigenvalue weighted by Gasteiger charge is -2.08. The van der Waals surface area contributed by atoms with Crippen molar-refractivity contribution in [2.24, 2.45) is 0 Å². The van der Waals surface area contributed by atoms with E-state index in [1.807, 2.05) is 0 Å². The van der Waals surface area contributed by atoms with Gasteiger partial charge in [0.25, 0.3) is 5.69 Å². The third kappa shape index (κ3) is 3.96. The van der Waals surface area contributed by atoms with Crippen LogP contribution >= 0.6 is 0 Å². The number of hydrogen-bond donors (Lipinski definition) is 2. The summed E-state index contributed by atoms with van der Waals surface area (Å²) < 4.78 is 0. The van der Waals surface area contributed by atoms with E-state index < -0.39 is 4.92 Å². The molecule has 1 aromatic carbocycles. The van der Waals surface area contributed by atoms with Crippen LogP contribution in [0.15, 0.2) is 36.7 Å². The second-order valence-electron chi connectivity index (χ2n) is 4.29. The minimum atomic E-state index is -0.483. The van der Waals surface area contributed by atoms with Crippen LogP contribution in [0.25, 0.3) is 6.08 Å². The molecule has 0 aliphatic rings. The summed E-state index contributed by atoms with van der Waals surface area (Å²) in [6, 6.07) is 5.71.